The molecule has 0 aromatic carbocycles. The molecular formula is C16H18ClN3O2S. The molecule has 0 radical (unpaired) electrons. The number of amides is 2. The molecule has 2 aromatic heterocycles. The quantitative estimate of drug-likeness (QED) is 0.851. The lowest BCUT2D eigenvalue weighted by Gasteiger charge is -2.34. The van der Waals surface area contributed by atoms with Crippen molar-refractivity contribution < 1.29 is 9.59 Å². The SMILES string of the molecule is Cn1ccc(C(=O)N2CCN(C(=O)Cc3ccc(Cl)s3)CC2)c1. The van der Waals surface area contributed by atoms with Crippen LogP contribution in [0.2, 0.25) is 4.34 Å². The van der Waals surface area contributed by atoms with E-state index in [0.717, 1.165) is 4.88 Å². The van der Waals surface area contributed by atoms with E-state index >= 15 is 0 Å². The van der Waals surface area contributed by atoms with Gasteiger partial charge in [-0.1, -0.05) is 11.6 Å². The Morgan fingerprint density at radius 1 is 1.13 bits per heavy atom. The Labute approximate surface area is 144 Å². The van der Waals surface area contributed by atoms with Crippen LogP contribution in [0.15, 0.2) is 30.6 Å². The zero-order valence-corrected chi connectivity index (χ0v) is 14.4. The molecule has 122 valence electrons. The number of hydrogen-bond acceptors (Lipinski definition) is 3. The summed E-state index contributed by atoms with van der Waals surface area (Å²) in [6, 6.07) is 5.52. The first-order chi connectivity index (χ1) is 11.0. The van der Waals surface area contributed by atoms with Crippen molar-refractivity contribution in [3.05, 3.63) is 45.4 Å². The standard InChI is InChI=1S/C16H18ClN3O2S/c1-18-5-4-12(11-18)16(22)20-8-6-19(7-9-20)15(21)10-13-2-3-14(17)23-13/h2-5,11H,6-10H2,1H3. The summed E-state index contributed by atoms with van der Waals surface area (Å²) in [6.07, 6.45) is 4.06. The van der Waals surface area contributed by atoms with Gasteiger partial charge in [0.05, 0.1) is 16.3 Å². The van der Waals surface area contributed by atoms with Crippen LogP contribution in [0, 0.1) is 0 Å². The van der Waals surface area contributed by atoms with Gasteiger partial charge in [-0.3, -0.25) is 9.59 Å². The highest BCUT2D eigenvalue weighted by Crippen LogP contribution is 2.22. The predicted molar refractivity (Wildman–Crippen MR) is 90.9 cm³/mol. The van der Waals surface area contributed by atoms with E-state index in [1.807, 2.05) is 47.1 Å². The molecule has 1 aliphatic heterocycles. The Morgan fingerprint density at radius 3 is 2.39 bits per heavy atom. The molecule has 7 heteroatoms. The summed E-state index contributed by atoms with van der Waals surface area (Å²) in [5, 5.41) is 0. The molecule has 3 heterocycles. The maximum Gasteiger partial charge on any atom is 0.255 e. The molecule has 0 bridgehead atoms. The van der Waals surface area contributed by atoms with E-state index in [4.69, 9.17) is 11.6 Å². The number of rotatable bonds is 3. The van der Waals surface area contributed by atoms with Crippen LogP contribution in [0.1, 0.15) is 15.2 Å². The Morgan fingerprint density at radius 2 is 1.83 bits per heavy atom. The van der Waals surface area contributed by atoms with Gasteiger partial charge < -0.3 is 14.4 Å². The minimum Gasteiger partial charge on any atom is -0.356 e. The molecule has 1 fully saturated rings. The summed E-state index contributed by atoms with van der Waals surface area (Å²) in [5.74, 6) is 0.123. The minimum atomic E-state index is 0.0303. The van der Waals surface area contributed by atoms with Gasteiger partial charge in [0.15, 0.2) is 0 Å². The van der Waals surface area contributed by atoms with E-state index in [0.29, 0.717) is 42.5 Å². The number of nitrogens with zero attached hydrogens (tertiary/aromatic N) is 3. The van der Waals surface area contributed by atoms with Crippen LogP contribution in [0.25, 0.3) is 0 Å². The first kappa shape index (κ1) is 16.1. The van der Waals surface area contributed by atoms with Gasteiger partial charge in [-0.05, 0) is 18.2 Å². The maximum atomic E-state index is 12.4. The molecule has 0 atom stereocenters. The summed E-state index contributed by atoms with van der Waals surface area (Å²) in [5.41, 5.74) is 0.695. The van der Waals surface area contributed by atoms with Crippen molar-refractivity contribution in [2.45, 2.75) is 6.42 Å². The molecule has 0 N–H and O–H groups in total. The highest BCUT2D eigenvalue weighted by molar-refractivity contribution is 7.16. The largest absolute Gasteiger partial charge is 0.356 e. The van der Waals surface area contributed by atoms with Gasteiger partial charge in [-0.25, -0.2) is 0 Å². The fourth-order valence-corrected chi connectivity index (χ4v) is 3.76. The zero-order chi connectivity index (χ0) is 16.4. The van der Waals surface area contributed by atoms with E-state index in [-0.39, 0.29) is 11.8 Å². The Kier molecular flexibility index (Phi) is 4.73. The van der Waals surface area contributed by atoms with Gasteiger partial charge in [0, 0.05) is 50.5 Å². The van der Waals surface area contributed by atoms with Crippen LogP contribution >= 0.6 is 22.9 Å². The highest BCUT2D eigenvalue weighted by atomic mass is 35.5. The Bertz CT molecular complexity index is 716. The topological polar surface area (TPSA) is 45.6 Å². The lowest BCUT2D eigenvalue weighted by Crippen LogP contribution is -2.50. The smallest absolute Gasteiger partial charge is 0.255 e. The Hall–Kier alpha value is -1.79. The normalized spacial score (nSPS) is 15.0. The number of aryl methyl sites for hydroxylation is 1. The molecule has 3 rings (SSSR count). The van der Waals surface area contributed by atoms with Crippen molar-refractivity contribution >= 4 is 34.8 Å². The van der Waals surface area contributed by atoms with Crippen LogP contribution < -0.4 is 0 Å². The monoisotopic (exact) mass is 351 g/mol. The first-order valence-electron chi connectivity index (χ1n) is 7.46. The van der Waals surface area contributed by atoms with Crippen molar-refractivity contribution in [1.29, 1.82) is 0 Å². The number of aromatic nitrogens is 1. The van der Waals surface area contributed by atoms with Crippen LogP contribution in [0.4, 0.5) is 0 Å². The van der Waals surface area contributed by atoms with Gasteiger partial charge in [-0.2, -0.15) is 0 Å². The fraction of sp³-hybridized carbons (Fsp3) is 0.375. The van der Waals surface area contributed by atoms with Gasteiger partial charge in [-0.15, -0.1) is 11.3 Å². The summed E-state index contributed by atoms with van der Waals surface area (Å²) < 4.78 is 2.56. The molecule has 2 amide bonds. The summed E-state index contributed by atoms with van der Waals surface area (Å²) >= 11 is 7.33. The number of carbonyl (C=O) groups excluding carboxylic acids is 2. The lowest BCUT2D eigenvalue weighted by atomic mass is 10.2. The van der Waals surface area contributed by atoms with Crippen LogP contribution in [-0.2, 0) is 18.3 Å². The van der Waals surface area contributed by atoms with Gasteiger partial charge in [0.25, 0.3) is 5.91 Å². The van der Waals surface area contributed by atoms with Crippen molar-refractivity contribution in [3.8, 4) is 0 Å². The predicted octanol–water partition coefficient (Wildman–Crippen LogP) is 2.27. The van der Waals surface area contributed by atoms with E-state index in [2.05, 4.69) is 0 Å². The second kappa shape index (κ2) is 6.76. The number of thiophene rings is 1. The van der Waals surface area contributed by atoms with Crippen molar-refractivity contribution in [2.75, 3.05) is 26.2 Å². The van der Waals surface area contributed by atoms with Crippen molar-refractivity contribution in [1.82, 2.24) is 14.4 Å². The zero-order valence-electron chi connectivity index (χ0n) is 12.9. The maximum absolute atomic E-state index is 12.4. The van der Waals surface area contributed by atoms with Gasteiger partial charge in [0.2, 0.25) is 5.91 Å². The molecule has 0 saturated carbocycles. The third-order valence-corrected chi connectivity index (χ3v) is 5.18. The average Bonchev–Trinajstić information content (AvgIpc) is 3.15. The van der Waals surface area contributed by atoms with E-state index in [1.165, 1.54) is 11.3 Å². The molecule has 0 spiro atoms. The van der Waals surface area contributed by atoms with Crippen LogP contribution in [-0.4, -0.2) is 52.4 Å². The molecule has 0 unspecified atom stereocenters. The Balaban J connectivity index is 1.53. The molecular weight excluding hydrogens is 334 g/mol. The summed E-state index contributed by atoms with van der Waals surface area (Å²) in [7, 11) is 1.89. The second-order valence-corrected chi connectivity index (χ2v) is 7.42. The van der Waals surface area contributed by atoms with Gasteiger partial charge >= 0.3 is 0 Å². The molecule has 2 aromatic rings. The van der Waals surface area contributed by atoms with Crippen LogP contribution in [0.3, 0.4) is 0 Å². The molecule has 1 saturated heterocycles. The second-order valence-electron chi connectivity index (χ2n) is 5.62. The molecule has 0 aliphatic carbocycles. The van der Waals surface area contributed by atoms with E-state index < -0.39 is 0 Å². The number of halogens is 1. The van der Waals surface area contributed by atoms with Crippen molar-refractivity contribution in [3.63, 3.8) is 0 Å². The van der Waals surface area contributed by atoms with E-state index in [9.17, 15) is 9.59 Å². The third kappa shape index (κ3) is 3.76. The average molecular weight is 352 g/mol. The number of carbonyl (C=O) groups is 2. The lowest BCUT2D eigenvalue weighted by molar-refractivity contribution is -0.131. The molecule has 23 heavy (non-hydrogen) atoms. The highest BCUT2D eigenvalue weighted by Gasteiger charge is 2.25. The molecule has 5 nitrogen and oxygen atoms in total. The molecule has 1 aliphatic rings. The first-order valence-corrected chi connectivity index (χ1v) is 8.65. The summed E-state index contributed by atoms with van der Waals surface area (Å²) in [4.78, 5) is 29.3. The third-order valence-electron chi connectivity index (χ3n) is 3.95. The van der Waals surface area contributed by atoms with Crippen molar-refractivity contribution in [2.24, 2.45) is 7.05 Å². The van der Waals surface area contributed by atoms with E-state index in [1.54, 1.807) is 4.90 Å². The minimum absolute atomic E-state index is 0.0303. The summed E-state index contributed by atoms with van der Waals surface area (Å²) in [6.45, 7) is 2.31. The van der Waals surface area contributed by atoms with Gasteiger partial charge in [0.1, 0.15) is 0 Å². The fourth-order valence-electron chi connectivity index (χ4n) is 2.68. The number of hydrogen-bond donors (Lipinski definition) is 0. The number of piperazine rings is 1. The van der Waals surface area contributed by atoms with Crippen LogP contribution in [0.5, 0.6) is 0 Å².